The van der Waals surface area contributed by atoms with Gasteiger partial charge in [-0.25, -0.2) is 9.48 Å². The lowest BCUT2D eigenvalue weighted by atomic mass is 9.96. The Morgan fingerprint density at radius 3 is 2.69 bits per heavy atom. The van der Waals surface area contributed by atoms with E-state index in [0.29, 0.717) is 17.1 Å². The number of nitrogens with one attached hydrogen (secondary N) is 1. The van der Waals surface area contributed by atoms with E-state index in [9.17, 15) is 9.59 Å². The van der Waals surface area contributed by atoms with Crippen molar-refractivity contribution in [1.29, 1.82) is 0 Å². The van der Waals surface area contributed by atoms with Crippen LogP contribution in [0.3, 0.4) is 0 Å². The Kier molecular flexibility index (Phi) is 6.27. The maximum absolute atomic E-state index is 12.4. The van der Waals surface area contributed by atoms with Gasteiger partial charge in [0.05, 0.1) is 22.8 Å². The molecule has 2 heterocycles. The smallest absolute Gasteiger partial charge is 0.344 e. The molecule has 2 aromatic heterocycles. The van der Waals surface area contributed by atoms with Crippen LogP contribution in [-0.2, 0) is 27.2 Å². The number of rotatable bonds is 7. The molecule has 0 spiro atoms. The minimum absolute atomic E-state index is 0.289. The molecule has 1 N–H and O–H groups in total. The van der Waals surface area contributed by atoms with Crippen LogP contribution in [0, 0.1) is 13.8 Å². The van der Waals surface area contributed by atoms with E-state index in [1.54, 1.807) is 10.7 Å². The second kappa shape index (κ2) is 9.66. The van der Waals surface area contributed by atoms with Gasteiger partial charge in [0.2, 0.25) is 0 Å². The summed E-state index contributed by atoms with van der Waals surface area (Å²) in [6, 6.07) is 15.2. The molecule has 5 rings (SSSR count). The number of nitrogens with zero attached hydrogens (tertiary/aromatic N) is 2. The average molecular weight is 474 g/mol. The summed E-state index contributed by atoms with van der Waals surface area (Å²) in [5.74, 6) is 0.549. The van der Waals surface area contributed by atoms with Gasteiger partial charge < -0.3 is 19.2 Å². The van der Waals surface area contributed by atoms with E-state index in [1.807, 2.05) is 56.3 Å². The summed E-state index contributed by atoms with van der Waals surface area (Å²) < 4.78 is 18.4. The Morgan fingerprint density at radius 1 is 1.06 bits per heavy atom. The number of fused-ring (bicyclic) bond motifs is 3. The summed E-state index contributed by atoms with van der Waals surface area (Å²) in [4.78, 5) is 24.6. The van der Waals surface area contributed by atoms with Crippen molar-refractivity contribution < 1.29 is 23.5 Å². The summed E-state index contributed by atoms with van der Waals surface area (Å²) in [7, 11) is 0. The molecule has 2 aromatic carbocycles. The molecule has 1 aliphatic rings. The zero-order chi connectivity index (χ0) is 24.4. The average Bonchev–Trinajstić information content (AvgIpc) is 3.39. The second-order valence-corrected chi connectivity index (χ2v) is 8.66. The standard InChI is InChI=1S/C27H27N3O5/c1-17-27(18(2)30(29-17)19-8-4-3-5-9-19)28-25(31)15-34-26(32)16-33-20-12-13-24-22(14-20)21-10-6-7-11-23(21)35-24/h3-5,8-9,12-14H,6-7,10-11,15-16H2,1-2H3,(H,28,31). The lowest BCUT2D eigenvalue weighted by Gasteiger charge is -2.10. The summed E-state index contributed by atoms with van der Waals surface area (Å²) in [6.45, 7) is 2.99. The van der Waals surface area contributed by atoms with Crippen molar-refractivity contribution in [3.8, 4) is 11.4 Å². The zero-order valence-corrected chi connectivity index (χ0v) is 19.8. The summed E-state index contributed by atoms with van der Waals surface area (Å²) in [5.41, 5.74) is 5.02. The van der Waals surface area contributed by atoms with Crippen LogP contribution in [0.4, 0.5) is 5.69 Å². The van der Waals surface area contributed by atoms with Crippen LogP contribution >= 0.6 is 0 Å². The van der Waals surface area contributed by atoms with Gasteiger partial charge in [-0.05, 0) is 63.4 Å². The van der Waals surface area contributed by atoms with Crippen LogP contribution in [-0.4, -0.2) is 34.9 Å². The number of aryl methyl sites for hydroxylation is 3. The quantitative estimate of drug-likeness (QED) is 0.392. The molecule has 0 atom stereocenters. The minimum Gasteiger partial charge on any atom is -0.482 e. The molecule has 0 saturated heterocycles. The molecule has 0 fully saturated rings. The maximum Gasteiger partial charge on any atom is 0.344 e. The molecule has 35 heavy (non-hydrogen) atoms. The van der Waals surface area contributed by atoms with E-state index >= 15 is 0 Å². The highest BCUT2D eigenvalue weighted by atomic mass is 16.6. The normalized spacial score (nSPS) is 12.9. The van der Waals surface area contributed by atoms with Crippen molar-refractivity contribution in [1.82, 2.24) is 9.78 Å². The first-order valence-electron chi connectivity index (χ1n) is 11.7. The van der Waals surface area contributed by atoms with E-state index in [1.165, 1.54) is 5.56 Å². The van der Waals surface area contributed by atoms with E-state index in [2.05, 4.69) is 10.4 Å². The van der Waals surface area contributed by atoms with E-state index < -0.39 is 18.5 Å². The topological polar surface area (TPSA) is 95.6 Å². The molecular formula is C27H27N3O5. The van der Waals surface area contributed by atoms with E-state index in [-0.39, 0.29) is 6.61 Å². The minimum atomic E-state index is -0.622. The predicted octanol–water partition coefficient (Wildman–Crippen LogP) is 4.67. The number of ether oxygens (including phenoxy) is 2. The first-order chi connectivity index (χ1) is 17.0. The van der Waals surface area contributed by atoms with Crippen molar-refractivity contribution in [3.05, 3.63) is 71.2 Å². The molecule has 0 unspecified atom stereocenters. The number of hydrogen-bond donors (Lipinski definition) is 1. The van der Waals surface area contributed by atoms with Gasteiger partial charge in [0.15, 0.2) is 13.2 Å². The van der Waals surface area contributed by atoms with Gasteiger partial charge in [0.1, 0.15) is 17.1 Å². The third-order valence-electron chi connectivity index (χ3n) is 6.20. The molecule has 4 aromatic rings. The van der Waals surface area contributed by atoms with Crippen LogP contribution in [0.15, 0.2) is 52.9 Å². The molecule has 0 aliphatic heterocycles. The Bertz CT molecular complexity index is 1390. The number of amides is 1. The molecular weight excluding hydrogens is 446 g/mol. The van der Waals surface area contributed by atoms with Gasteiger partial charge in [-0.2, -0.15) is 5.10 Å². The Balaban J connectivity index is 1.15. The SMILES string of the molecule is Cc1nn(-c2ccccc2)c(C)c1NC(=O)COC(=O)COc1ccc2oc3c(c2c1)CCCC3. The maximum atomic E-state index is 12.4. The van der Waals surface area contributed by atoms with Crippen LogP contribution in [0.2, 0.25) is 0 Å². The number of benzene rings is 2. The van der Waals surface area contributed by atoms with Gasteiger partial charge in [0.25, 0.3) is 5.91 Å². The molecule has 1 aliphatic carbocycles. The number of carbonyl (C=O) groups is 2. The predicted molar refractivity (Wildman–Crippen MR) is 131 cm³/mol. The number of anilines is 1. The van der Waals surface area contributed by atoms with Gasteiger partial charge in [-0.15, -0.1) is 0 Å². The Morgan fingerprint density at radius 2 is 1.86 bits per heavy atom. The van der Waals surface area contributed by atoms with Crippen LogP contribution < -0.4 is 10.1 Å². The molecule has 1 amide bonds. The third-order valence-corrected chi connectivity index (χ3v) is 6.20. The Labute approximate surface area is 202 Å². The molecule has 8 nitrogen and oxygen atoms in total. The highest BCUT2D eigenvalue weighted by Crippen LogP contribution is 2.34. The first-order valence-corrected chi connectivity index (χ1v) is 11.7. The van der Waals surface area contributed by atoms with Gasteiger partial charge in [0, 0.05) is 17.4 Å². The molecule has 0 bridgehead atoms. The fraction of sp³-hybridized carbons (Fsp3) is 0.296. The largest absolute Gasteiger partial charge is 0.482 e. The summed E-state index contributed by atoms with van der Waals surface area (Å²) in [6.07, 6.45) is 4.24. The van der Waals surface area contributed by atoms with Crippen LogP contribution in [0.5, 0.6) is 5.75 Å². The summed E-state index contributed by atoms with van der Waals surface area (Å²) in [5, 5.41) is 8.33. The van der Waals surface area contributed by atoms with E-state index in [4.69, 9.17) is 13.9 Å². The highest BCUT2D eigenvalue weighted by Gasteiger charge is 2.19. The van der Waals surface area contributed by atoms with Crippen LogP contribution in [0.25, 0.3) is 16.7 Å². The Hall–Kier alpha value is -4.07. The number of aromatic nitrogens is 2. The first kappa shape index (κ1) is 22.7. The van der Waals surface area contributed by atoms with Crippen molar-refractivity contribution in [2.45, 2.75) is 39.5 Å². The van der Waals surface area contributed by atoms with Gasteiger partial charge in [-0.3, -0.25) is 4.79 Å². The molecule has 8 heteroatoms. The summed E-state index contributed by atoms with van der Waals surface area (Å²) >= 11 is 0. The van der Waals surface area contributed by atoms with Gasteiger partial charge in [-0.1, -0.05) is 18.2 Å². The third kappa shape index (κ3) is 4.77. The van der Waals surface area contributed by atoms with E-state index in [0.717, 1.165) is 53.8 Å². The molecule has 0 radical (unpaired) electrons. The van der Waals surface area contributed by atoms with Gasteiger partial charge >= 0.3 is 5.97 Å². The van der Waals surface area contributed by atoms with Crippen LogP contribution in [0.1, 0.15) is 35.6 Å². The van der Waals surface area contributed by atoms with Crippen molar-refractivity contribution in [2.24, 2.45) is 0 Å². The zero-order valence-electron chi connectivity index (χ0n) is 19.8. The number of hydrogen-bond acceptors (Lipinski definition) is 6. The van der Waals surface area contributed by atoms with Crippen molar-refractivity contribution >= 4 is 28.5 Å². The van der Waals surface area contributed by atoms with Crippen molar-refractivity contribution in [2.75, 3.05) is 18.5 Å². The molecule has 0 saturated carbocycles. The second-order valence-electron chi connectivity index (χ2n) is 8.66. The number of furan rings is 1. The number of esters is 1. The lowest BCUT2D eigenvalue weighted by molar-refractivity contribution is -0.149. The number of carbonyl (C=O) groups excluding carboxylic acids is 2. The lowest BCUT2D eigenvalue weighted by Crippen LogP contribution is -2.24. The van der Waals surface area contributed by atoms with Crippen molar-refractivity contribution in [3.63, 3.8) is 0 Å². The number of para-hydroxylation sites is 1. The molecule has 180 valence electrons. The highest BCUT2D eigenvalue weighted by molar-refractivity contribution is 5.94. The fourth-order valence-electron chi connectivity index (χ4n) is 4.48. The fourth-order valence-corrected chi connectivity index (χ4v) is 4.48. The monoisotopic (exact) mass is 473 g/mol.